The molecule has 1 aliphatic heterocycles. The van der Waals surface area contributed by atoms with Crippen LogP contribution in [-0.2, 0) is 36.3 Å². The van der Waals surface area contributed by atoms with Gasteiger partial charge < -0.3 is 15.1 Å². The van der Waals surface area contributed by atoms with Gasteiger partial charge in [-0.3, -0.25) is 14.5 Å². The number of fused-ring (bicyclic) bond motifs is 1. The van der Waals surface area contributed by atoms with Gasteiger partial charge in [0.1, 0.15) is 11.3 Å². The normalized spacial score (nSPS) is 19.5. The Bertz CT molecular complexity index is 1230. The van der Waals surface area contributed by atoms with Crippen molar-refractivity contribution in [2.45, 2.75) is 44.8 Å². The number of benzene rings is 2. The molecule has 7 nitrogen and oxygen atoms in total. The van der Waals surface area contributed by atoms with Crippen LogP contribution in [0.15, 0.2) is 65.3 Å². The minimum Gasteiger partial charge on any atom is -0.467 e. The highest BCUT2D eigenvalue weighted by Crippen LogP contribution is 2.33. The summed E-state index contributed by atoms with van der Waals surface area (Å²) in [5.74, 6) is 0.108. The molecule has 1 fully saturated rings. The summed E-state index contributed by atoms with van der Waals surface area (Å²) in [7, 11) is 0. The number of nitrogens with one attached hydrogen (secondary N) is 2. The summed E-state index contributed by atoms with van der Waals surface area (Å²) in [5.41, 5.74) is 3.41. The summed E-state index contributed by atoms with van der Waals surface area (Å²) >= 11 is 0. The molecule has 1 atom stereocenters. The van der Waals surface area contributed by atoms with Gasteiger partial charge in [-0.05, 0) is 72.7 Å². The van der Waals surface area contributed by atoms with E-state index in [1.807, 2.05) is 12.1 Å². The number of carbonyl (C=O) groups excluding carboxylic acids is 3. The molecule has 168 valence electrons. The van der Waals surface area contributed by atoms with E-state index in [0.717, 1.165) is 24.8 Å². The van der Waals surface area contributed by atoms with Crippen molar-refractivity contribution in [2.24, 2.45) is 0 Å². The Morgan fingerprint density at radius 2 is 1.94 bits per heavy atom. The number of furan rings is 1. The molecule has 1 aromatic heterocycles. The molecule has 2 heterocycles. The maximum atomic E-state index is 13.3. The maximum absolute atomic E-state index is 13.3. The van der Waals surface area contributed by atoms with Crippen LogP contribution in [0.4, 0.5) is 4.79 Å². The van der Waals surface area contributed by atoms with Gasteiger partial charge >= 0.3 is 6.03 Å². The third-order valence-corrected chi connectivity index (χ3v) is 6.48. The smallest absolute Gasteiger partial charge is 0.325 e. The van der Waals surface area contributed by atoms with Crippen LogP contribution >= 0.6 is 0 Å². The Kier molecular flexibility index (Phi) is 5.24. The van der Waals surface area contributed by atoms with Crippen LogP contribution in [0.1, 0.15) is 51.7 Å². The monoisotopic (exact) mass is 443 g/mol. The summed E-state index contributed by atoms with van der Waals surface area (Å²) in [6.07, 6.45) is 4.73. The zero-order valence-electron chi connectivity index (χ0n) is 18.4. The zero-order chi connectivity index (χ0) is 23.0. The lowest BCUT2D eigenvalue weighted by molar-refractivity contribution is -0.131. The third-order valence-electron chi connectivity index (χ3n) is 6.48. The van der Waals surface area contributed by atoms with Crippen LogP contribution < -0.4 is 10.6 Å². The summed E-state index contributed by atoms with van der Waals surface area (Å²) in [4.78, 5) is 39.9. The second-order valence-corrected chi connectivity index (χ2v) is 8.75. The van der Waals surface area contributed by atoms with E-state index >= 15 is 0 Å². The summed E-state index contributed by atoms with van der Waals surface area (Å²) in [6, 6.07) is 16.1. The van der Waals surface area contributed by atoms with Gasteiger partial charge in [-0.25, -0.2) is 4.79 Å². The van der Waals surface area contributed by atoms with Gasteiger partial charge in [-0.2, -0.15) is 0 Å². The average Bonchev–Trinajstić information content (AvgIpc) is 3.55. The molecule has 2 aliphatic rings. The number of aryl methyl sites for hydroxylation is 2. The molecular formula is C26H25N3O4. The van der Waals surface area contributed by atoms with Crippen molar-refractivity contribution in [3.8, 4) is 0 Å². The highest BCUT2D eigenvalue weighted by Gasteiger charge is 2.49. The van der Waals surface area contributed by atoms with E-state index in [2.05, 4.69) is 16.7 Å². The molecule has 0 spiro atoms. The number of nitrogens with zero attached hydrogens (tertiary/aromatic N) is 1. The SMILES string of the molecule is CC1(c2ccc3c(c2)CCC3)NC(=O)N(Cc2cccc(C(=O)NCc3ccco3)c2)C1=O. The Labute approximate surface area is 191 Å². The first-order valence-corrected chi connectivity index (χ1v) is 11.1. The zero-order valence-corrected chi connectivity index (χ0v) is 18.4. The fourth-order valence-electron chi connectivity index (χ4n) is 4.60. The topological polar surface area (TPSA) is 91.7 Å². The first-order chi connectivity index (χ1) is 15.9. The lowest BCUT2D eigenvalue weighted by Crippen LogP contribution is -2.41. The van der Waals surface area contributed by atoms with Gasteiger partial charge in [0, 0.05) is 5.56 Å². The Morgan fingerprint density at radius 3 is 2.76 bits per heavy atom. The third kappa shape index (κ3) is 3.91. The van der Waals surface area contributed by atoms with Crippen molar-refractivity contribution in [3.05, 3.63) is 94.4 Å². The van der Waals surface area contributed by atoms with Crippen LogP contribution in [0.2, 0.25) is 0 Å². The Hall–Kier alpha value is -3.87. The molecule has 33 heavy (non-hydrogen) atoms. The number of rotatable bonds is 6. The van der Waals surface area contributed by atoms with Gasteiger partial charge in [-0.1, -0.05) is 30.3 Å². The number of hydrogen-bond acceptors (Lipinski definition) is 4. The van der Waals surface area contributed by atoms with Crippen molar-refractivity contribution < 1.29 is 18.8 Å². The number of hydrogen-bond donors (Lipinski definition) is 2. The molecule has 1 saturated heterocycles. The predicted molar refractivity (Wildman–Crippen MR) is 121 cm³/mol. The molecule has 7 heteroatoms. The van der Waals surface area contributed by atoms with Crippen molar-refractivity contribution >= 4 is 17.8 Å². The molecule has 2 N–H and O–H groups in total. The number of urea groups is 1. The van der Waals surface area contributed by atoms with Crippen molar-refractivity contribution in [1.29, 1.82) is 0 Å². The van der Waals surface area contributed by atoms with E-state index in [1.165, 1.54) is 16.0 Å². The molecule has 0 saturated carbocycles. The van der Waals surface area contributed by atoms with Gasteiger partial charge in [0.15, 0.2) is 0 Å². The number of carbonyl (C=O) groups is 3. The number of imide groups is 1. The van der Waals surface area contributed by atoms with Crippen molar-refractivity contribution in [2.75, 3.05) is 0 Å². The van der Waals surface area contributed by atoms with Crippen LogP contribution in [-0.4, -0.2) is 22.7 Å². The largest absolute Gasteiger partial charge is 0.467 e. The Balaban J connectivity index is 1.31. The van der Waals surface area contributed by atoms with E-state index in [9.17, 15) is 14.4 Å². The van der Waals surface area contributed by atoms with Gasteiger partial charge in [0.25, 0.3) is 11.8 Å². The average molecular weight is 444 g/mol. The summed E-state index contributed by atoms with van der Waals surface area (Å²) in [6.45, 7) is 2.12. The maximum Gasteiger partial charge on any atom is 0.325 e. The molecule has 5 rings (SSSR count). The van der Waals surface area contributed by atoms with Crippen LogP contribution in [0.3, 0.4) is 0 Å². The molecule has 0 bridgehead atoms. The standard InChI is InChI=1S/C26H25N3O4/c1-26(21-11-10-18-6-3-7-19(18)14-21)24(31)29(25(32)28-26)16-17-5-2-8-20(13-17)23(30)27-15-22-9-4-12-33-22/h2,4-5,8-14H,3,6-7,15-16H2,1H3,(H,27,30)(H,28,32). The van der Waals surface area contributed by atoms with Crippen LogP contribution in [0.25, 0.3) is 0 Å². The van der Waals surface area contributed by atoms with Gasteiger partial charge in [0.05, 0.1) is 19.4 Å². The lowest BCUT2D eigenvalue weighted by Gasteiger charge is -2.23. The van der Waals surface area contributed by atoms with Gasteiger partial charge in [-0.15, -0.1) is 0 Å². The quantitative estimate of drug-likeness (QED) is 0.569. The predicted octanol–water partition coefficient (Wildman–Crippen LogP) is 3.67. The van der Waals surface area contributed by atoms with E-state index in [-0.39, 0.29) is 24.9 Å². The molecule has 0 radical (unpaired) electrons. The van der Waals surface area contributed by atoms with E-state index in [1.54, 1.807) is 49.6 Å². The second kappa shape index (κ2) is 8.24. The van der Waals surface area contributed by atoms with Gasteiger partial charge in [0.2, 0.25) is 0 Å². The molecule has 4 amide bonds. The van der Waals surface area contributed by atoms with Crippen molar-refractivity contribution in [1.82, 2.24) is 15.5 Å². The van der Waals surface area contributed by atoms with E-state index < -0.39 is 11.6 Å². The fourth-order valence-corrected chi connectivity index (χ4v) is 4.60. The van der Waals surface area contributed by atoms with Crippen LogP contribution in [0, 0.1) is 0 Å². The minimum atomic E-state index is -1.10. The molecule has 3 aromatic rings. The van der Waals surface area contributed by atoms with E-state index in [0.29, 0.717) is 16.9 Å². The minimum absolute atomic E-state index is 0.0878. The highest BCUT2D eigenvalue weighted by molar-refractivity contribution is 6.07. The molecule has 1 unspecified atom stereocenters. The molecule has 1 aliphatic carbocycles. The summed E-state index contributed by atoms with van der Waals surface area (Å²) < 4.78 is 5.23. The first-order valence-electron chi connectivity index (χ1n) is 11.1. The second-order valence-electron chi connectivity index (χ2n) is 8.75. The first kappa shape index (κ1) is 21.0. The summed E-state index contributed by atoms with van der Waals surface area (Å²) in [5, 5.41) is 5.68. The highest BCUT2D eigenvalue weighted by atomic mass is 16.3. The van der Waals surface area contributed by atoms with Crippen molar-refractivity contribution in [3.63, 3.8) is 0 Å². The molecule has 2 aromatic carbocycles. The van der Waals surface area contributed by atoms with Crippen LogP contribution in [0.5, 0.6) is 0 Å². The molecular weight excluding hydrogens is 418 g/mol. The lowest BCUT2D eigenvalue weighted by atomic mass is 9.89. The van der Waals surface area contributed by atoms with E-state index in [4.69, 9.17) is 4.42 Å². The number of amides is 4. The fraction of sp³-hybridized carbons (Fsp3) is 0.269. The Morgan fingerprint density at radius 1 is 1.09 bits per heavy atom.